The van der Waals surface area contributed by atoms with Gasteiger partial charge in [-0.1, -0.05) is 39.5 Å². The summed E-state index contributed by atoms with van der Waals surface area (Å²) in [4.78, 5) is 48.5. The molecule has 6 unspecified atom stereocenters. The maximum absolute atomic E-state index is 12.9. The molecule has 0 radical (unpaired) electrons. The standard InChI is InChI=1S/C21H34N2O6/c1-4-13(11(2)8-12-6-5-7-12)10-23-19(25)16-15(20(26)27)9-14(18(24)22-3)17(16)21(28)29/h11-17H,4-10H2,1-3H3,(H,22,24)(H,23,25)(H,26,27)(H,28,29). The number of carboxylic acid groups (broad SMARTS) is 2. The van der Waals surface area contributed by atoms with Crippen LogP contribution >= 0.6 is 0 Å². The average Bonchev–Trinajstić information content (AvgIpc) is 3.05. The minimum Gasteiger partial charge on any atom is -0.481 e. The van der Waals surface area contributed by atoms with Crippen LogP contribution in [0.2, 0.25) is 0 Å². The van der Waals surface area contributed by atoms with E-state index in [0.29, 0.717) is 12.5 Å². The van der Waals surface area contributed by atoms with Crippen LogP contribution in [-0.2, 0) is 19.2 Å². The maximum atomic E-state index is 12.9. The normalized spacial score (nSPS) is 28.8. The smallest absolute Gasteiger partial charge is 0.308 e. The zero-order valence-electron chi connectivity index (χ0n) is 17.5. The third-order valence-corrected chi connectivity index (χ3v) is 7.05. The lowest BCUT2D eigenvalue weighted by Gasteiger charge is -2.32. The van der Waals surface area contributed by atoms with Crippen molar-refractivity contribution in [1.29, 1.82) is 0 Å². The Morgan fingerprint density at radius 2 is 1.66 bits per heavy atom. The molecule has 2 fully saturated rings. The number of carbonyl (C=O) groups excluding carboxylic acids is 2. The molecule has 0 heterocycles. The van der Waals surface area contributed by atoms with Crippen LogP contribution in [0.5, 0.6) is 0 Å². The van der Waals surface area contributed by atoms with Gasteiger partial charge < -0.3 is 20.8 Å². The van der Waals surface area contributed by atoms with E-state index in [4.69, 9.17) is 0 Å². The number of carbonyl (C=O) groups is 4. The Hall–Kier alpha value is -2.12. The van der Waals surface area contributed by atoms with E-state index in [2.05, 4.69) is 24.5 Å². The molecule has 8 heteroatoms. The van der Waals surface area contributed by atoms with Gasteiger partial charge in [0.1, 0.15) is 0 Å². The van der Waals surface area contributed by atoms with Gasteiger partial charge in [0, 0.05) is 13.6 Å². The van der Waals surface area contributed by atoms with Gasteiger partial charge in [-0.05, 0) is 30.6 Å². The summed E-state index contributed by atoms with van der Waals surface area (Å²) in [6.45, 7) is 4.63. The van der Waals surface area contributed by atoms with E-state index in [-0.39, 0.29) is 12.3 Å². The van der Waals surface area contributed by atoms with E-state index < -0.39 is 47.4 Å². The van der Waals surface area contributed by atoms with Gasteiger partial charge in [0.05, 0.1) is 23.7 Å². The zero-order valence-corrected chi connectivity index (χ0v) is 17.5. The van der Waals surface area contributed by atoms with Crippen LogP contribution < -0.4 is 10.6 Å². The van der Waals surface area contributed by atoms with E-state index in [0.717, 1.165) is 18.8 Å². The highest BCUT2D eigenvalue weighted by molar-refractivity contribution is 5.94. The SMILES string of the molecule is CCC(CNC(=O)C1C(C(=O)O)CC(C(=O)NC)C1C(=O)O)C(C)CC1CCC1. The summed E-state index contributed by atoms with van der Waals surface area (Å²) in [6, 6.07) is 0. The molecule has 29 heavy (non-hydrogen) atoms. The van der Waals surface area contributed by atoms with Gasteiger partial charge in [0.2, 0.25) is 11.8 Å². The Morgan fingerprint density at radius 1 is 1.00 bits per heavy atom. The second kappa shape index (κ2) is 10.1. The lowest BCUT2D eigenvalue weighted by atomic mass is 9.75. The van der Waals surface area contributed by atoms with E-state index >= 15 is 0 Å². The fourth-order valence-corrected chi connectivity index (χ4v) is 4.99. The highest BCUT2D eigenvalue weighted by atomic mass is 16.4. The zero-order chi connectivity index (χ0) is 21.7. The maximum Gasteiger partial charge on any atom is 0.308 e. The Bertz CT molecular complexity index is 633. The summed E-state index contributed by atoms with van der Waals surface area (Å²) in [5.41, 5.74) is 0. The molecule has 4 N–H and O–H groups in total. The molecule has 2 aliphatic carbocycles. The summed E-state index contributed by atoms with van der Waals surface area (Å²) in [5, 5.41) is 24.4. The highest BCUT2D eigenvalue weighted by Crippen LogP contribution is 2.42. The van der Waals surface area contributed by atoms with Crippen molar-refractivity contribution < 1.29 is 29.4 Å². The summed E-state index contributed by atoms with van der Waals surface area (Å²) >= 11 is 0. The molecule has 0 aromatic heterocycles. The van der Waals surface area contributed by atoms with E-state index in [9.17, 15) is 29.4 Å². The number of rotatable bonds is 10. The topological polar surface area (TPSA) is 133 Å². The summed E-state index contributed by atoms with van der Waals surface area (Å²) < 4.78 is 0. The second-order valence-electron chi connectivity index (χ2n) is 8.71. The van der Waals surface area contributed by atoms with Gasteiger partial charge in [-0.2, -0.15) is 0 Å². The molecule has 2 amide bonds. The van der Waals surface area contributed by atoms with Gasteiger partial charge in [-0.15, -0.1) is 0 Å². The van der Waals surface area contributed by atoms with Crippen molar-refractivity contribution in [3.8, 4) is 0 Å². The first kappa shape index (κ1) is 23.2. The number of hydrogen-bond donors (Lipinski definition) is 4. The van der Waals surface area contributed by atoms with Crippen molar-refractivity contribution >= 4 is 23.8 Å². The van der Waals surface area contributed by atoms with Gasteiger partial charge in [0.15, 0.2) is 0 Å². The minimum absolute atomic E-state index is 0.153. The van der Waals surface area contributed by atoms with E-state index in [1.54, 1.807) is 0 Å². The third-order valence-electron chi connectivity index (χ3n) is 7.05. The van der Waals surface area contributed by atoms with Crippen LogP contribution in [0.4, 0.5) is 0 Å². The largest absolute Gasteiger partial charge is 0.481 e. The van der Waals surface area contributed by atoms with E-state index in [1.165, 1.54) is 26.3 Å². The van der Waals surface area contributed by atoms with Crippen LogP contribution in [0.15, 0.2) is 0 Å². The molecule has 2 rings (SSSR count). The molecule has 0 bridgehead atoms. The van der Waals surface area contributed by atoms with Crippen LogP contribution in [-0.4, -0.2) is 47.6 Å². The van der Waals surface area contributed by atoms with E-state index in [1.807, 2.05) is 0 Å². The Labute approximate surface area is 171 Å². The molecule has 2 aliphatic rings. The molecule has 164 valence electrons. The fraction of sp³-hybridized carbons (Fsp3) is 0.810. The quantitative estimate of drug-likeness (QED) is 0.434. The molecule has 6 atom stereocenters. The molecule has 0 aromatic rings. The third kappa shape index (κ3) is 5.28. The second-order valence-corrected chi connectivity index (χ2v) is 8.71. The van der Waals surface area contributed by atoms with Crippen molar-refractivity contribution in [2.24, 2.45) is 41.4 Å². The minimum atomic E-state index is -1.34. The molecule has 8 nitrogen and oxygen atoms in total. The first-order valence-corrected chi connectivity index (χ1v) is 10.7. The monoisotopic (exact) mass is 410 g/mol. The van der Waals surface area contributed by atoms with Gasteiger partial charge in [-0.3, -0.25) is 19.2 Å². The number of aliphatic carboxylic acids is 2. The van der Waals surface area contributed by atoms with Gasteiger partial charge in [-0.25, -0.2) is 0 Å². The van der Waals surface area contributed by atoms with Crippen molar-refractivity contribution in [1.82, 2.24) is 10.6 Å². The van der Waals surface area contributed by atoms with Crippen molar-refractivity contribution in [2.45, 2.75) is 52.4 Å². The number of hydrogen-bond acceptors (Lipinski definition) is 4. The Morgan fingerprint density at radius 3 is 2.10 bits per heavy atom. The van der Waals surface area contributed by atoms with Crippen LogP contribution in [0.3, 0.4) is 0 Å². The van der Waals surface area contributed by atoms with Crippen molar-refractivity contribution in [3.05, 3.63) is 0 Å². The Kier molecular flexibility index (Phi) is 8.05. The van der Waals surface area contributed by atoms with Crippen LogP contribution in [0.25, 0.3) is 0 Å². The molecule has 0 spiro atoms. The predicted octanol–water partition coefficient (Wildman–Crippen LogP) is 1.74. The summed E-state index contributed by atoms with van der Waals surface area (Å²) in [5.74, 6) is -7.06. The summed E-state index contributed by atoms with van der Waals surface area (Å²) in [6.07, 6.45) is 5.65. The molecular formula is C21H34N2O6. The van der Waals surface area contributed by atoms with Gasteiger partial charge >= 0.3 is 11.9 Å². The van der Waals surface area contributed by atoms with Crippen molar-refractivity contribution in [3.63, 3.8) is 0 Å². The highest BCUT2D eigenvalue weighted by Gasteiger charge is 2.55. The predicted molar refractivity (Wildman–Crippen MR) is 106 cm³/mol. The molecule has 0 aliphatic heterocycles. The number of carboxylic acids is 2. The lowest BCUT2D eigenvalue weighted by Crippen LogP contribution is -2.44. The lowest BCUT2D eigenvalue weighted by molar-refractivity contribution is -0.153. The first-order chi connectivity index (χ1) is 13.7. The summed E-state index contributed by atoms with van der Waals surface area (Å²) in [7, 11) is 1.37. The average molecular weight is 411 g/mol. The Balaban J connectivity index is 2.08. The molecule has 0 aromatic carbocycles. The fourth-order valence-electron chi connectivity index (χ4n) is 4.99. The molecule has 2 saturated carbocycles. The van der Waals surface area contributed by atoms with Crippen LogP contribution in [0.1, 0.15) is 52.4 Å². The van der Waals surface area contributed by atoms with Crippen molar-refractivity contribution in [2.75, 3.05) is 13.6 Å². The molecular weight excluding hydrogens is 376 g/mol. The molecule has 0 saturated heterocycles. The number of amides is 2. The first-order valence-electron chi connectivity index (χ1n) is 10.7. The number of nitrogens with one attached hydrogen (secondary N) is 2. The van der Waals surface area contributed by atoms with Gasteiger partial charge in [0.25, 0.3) is 0 Å². The van der Waals surface area contributed by atoms with Crippen LogP contribution in [0, 0.1) is 41.4 Å².